The van der Waals surface area contributed by atoms with E-state index in [-0.39, 0.29) is 25.0 Å². The third-order valence-electron chi connectivity index (χ3n) is 5.38. The van der Waals surface area contributed by atoms with Gasteiger partial charge in [-0.2, -0.15) is 0 Å². The molecule has 0 radical (unpaired) electrons. The Kier molecular flexibility index (Phi) is 6.11. The Hall–Kier alpha value is -3.81. The molecule has 3 aromatic rings. The van der Waals surface area contributed by atoms with Crippen LogP contribution in [0.15, 0.2) is 47.0 Å². The van der Waals surface area contributed by atoms with Gasteiger partial charge in [0.05, 0.1) is 17.9 Å². The average molecular weight is 435 g/mol. The van der Waals surface area contributed by atoms with Crippen LogP contribution in [0.3, 0.4) is 0 Å². The molecule has 2 heterocycles. The standard InChI is InChI=1S/C24H25N3O5/c1-4-17-5-8-19(9-6-17)30-13-23(28)25-18-7-10-22-21(11-18)27(24(29)14-31-22)12-20-15(2)26-32-16(20)3/h5-11H,4,12-14H2,1-3H3,(H,25,28). The van der Waals surface area contributed by atoms with Gasteiger partial charge in [0.2, 0.25) is 0 Å². The van der Waals surface area contributed by atoms with Crippen LogP contribution in [0.2, 0.25) is 0 Å². The maximum Gasteiger partial charge on any atom is 0.265 e. The highest BCUT2D eigenvalue weighted by atomic mass is 16.5. The van der Waals surface area contributed by atoms with E-state index < -0.39 is 0 Å². The Balaban J connectivity index is 1.46. The van der Waals surface area contributed by atoms with Crippen LogP contribution < -0.4 is 19.7 Å². The van der Waals surface area contributed by atoms with Gasteiger partial charge in [-0.25, -0.2) is 0 Å². The van der Waals surface area contributed by atoms with E-state index in [4.69, 9.17) is 14.0 Å². The number of benzene rings is 2. The highest BCUT2D eigenvalue weighted by molar-refractivity contribution is 5.99. The monoisotopic (exact) mass is 435 g/mol. The summed E-state index contributed by atoms with van der Waals surface area (Å²) in [6.45, 7) is 5.87. The van der Waals surface area contributed by atoms with Crippen molar-refractivity contribution in [2.45, 2.75) is 33.7 Å². The van der Waals surface area contributed by atoms with Gasteiger partial charge in [0.15, 0.2) is 13.2 Å². The van der Waals surface area contributed by atoms with E-state index in [2.05, 4.69) is 17.4 Å². The van der Waals surface area contributed by atoms with E-state index in [0.717, 1.165) is 17.7 Å². The van der Waals surface area contributed by atoms with E-state index in [1.807, 2.05) is 38.1 Å². The summed E-state index contributed by atoms with van der Waals surface area (Å²) in [5.74, 6) is 1.38. The fourth-order valence-corrected chi connectivity index (χ4v) is 3.51. The molecule has 0 fully saturated rings. The molecule has 0 saturated carbocycles. The fraction of sp³-hybridized carbons (Fsp3) is 0.292. The predicted molar refractivity (Wildman–Crippen MR) is 119 cm³/mol. The van der Waals surface area contributed by atoms with Gasteiger partial charge in [0.25, 0.3) is 11.8 Å². The number of hydrogen-bond donors (Lipinski definition) is 1. The van der Waals surface area contributed by atoms with Crippen molar-refractivity contribution in [1.82, 2.24) is 5.16 Å². The minimum Gasteiger partial charge on any atom is -0.484 e. The number of fused-ring (bicyclic) bond motifs is 1. The third kappa shape index (κ3) is 4.59. The molecule has 0 bridgehead atoms. The summed E-state index contributed by atoms with van der Waals surface area (Å²) >= 11 is 0. The lowest BCUT2D eigenvalue weighted by molar-refractivity contribution is -0.121. The minimum atomic E-state index is -0.301. The number of nitrogens with zero attached hydrogens (tertiary/aromatic N) is 2. The zero-order chi connectivity index (χ0) is 22.7. The third-order valence-corrected chi connectivity index (χ3v) is 5.38. The normalized spacial score (nSPS) is 12.8. The van der Waals surface area contributed by atoms with Crippen molar-refractivity contribution in [3.05, 3.63) is 65.0 Å². The van der Waals surface area contributed by atoms with E-state index in [1.54, 1.807) is 23.1 Å². The number of aryl methyl sites for hydroxylation is 3. The summed E-state index contributed by atoms with van der Waals surface area (Å²) in [7, 11) is 0. The molecule has 1 aromatic heterocycles. The molecule has 0 unspecified atom stereocenters. The molecule has 0 aliphatic carbocycles. The van der Waals surface area contributed by atoms with Crippen molar-refractivity contribution in [2.24, 2.45) is 0 Å². The summed E-state index contributed by atoms with van der Waals surface area (Å²) in [4.78, 5) is 26.6. The van der Waals surface area contributed by atoms with Crippen LogP contribution in [-0.2, 0) is 22.6 Å². The van der Waals surface area contributed by atoms with Crippen LogP contribution in [-0.4, -0.2) is 30.2 Å². The Morgan fingerprint density at radius 1 is 1.19 bits per heavy atom. The Bertz CT molecular complexity index is 1120. The molecule has 8 heteroatoms. The second-order valence-electron chi connectivity index (χ2n) is 7.59. The SMILES string of the molecule is CCc1ccc(OCC(=O)Nc2ccc3c(c2)N(Cc2c(C)noc2C)C(=O)CO3)cc1. The molecular formula is C24H25N3O5. The van der Waals surface area contributed by atoms with Crippen LogP contribution >= 0.6 is 0 Å². The number of anilines is 2. The highest BCUT2D eigenvalue weighted by Gasteiger charge is 2.28. The molecule has 2 amide bonds. The molecule has 1 N–H and O–H groups in total. The summed E-state index contributed by atoms with van der Waals surface area (Å²) in [6, 6.07) is 12.8. The van der Waals surface area contributed by atoms with E-state index in [9.17, 15) is 9.59 Å². The second-order valence-corrected chi connectivity index (χ2v) is 7.59. The minimum absolute atomic E-state index is 0.0489. The van der Waals surface area contributed by atoms with Crippen molar-refractivity contribution in [3.63, 3.8) is 0 Å². The van der Waals surface area contributed by atoms with E-state index in [0.29, 0.717) is 35.2 Å². The first-order valence-corrected chi connectivity index (χ1v) is 10.4. The Morgan fingerprint density at radius 2 is 1.97 bits per heavy atom. The average Bonchev–Trinajstić information content (AvgIpc) is 3.12. The lowest BCUT2D eigenvalue weighted by atomic mass is 10.1. The van der Waals surface area contributed by atoms with Gasteiger partial charge in [-0.3, -0.25) is 9.59 Å². The fourth-order valence-electron chi connectivity index (χ4n) is 3.51. The zero-order valence-electron chi connectivity index (χ0n) is 18.3. The zero-order valence-corrected chi connectivity index (χ0v) is 18.3. The number of rotatable bonds is 7. The van der Waals surface area contributed by atoms with Crippen LogP contribution in [0.4, 0.5) is 11.4 Å². The lowest BCUT2D eigenvalue weighted by Gasteiger charge is -2.29. The van der Waals surface area contributed by atoms with Gasteiger partial charge < -0.3 is 24.2 Å². The van der Waals surface area contributed by atoms with Crippen LogP contribution in [0.5, 0.6) is 11.5 Å². The van der Waals surface area contributed by atoms with Gasteiger partial charge in [-0.15, -0.1) is 0 Å². The lowest BCUT2D eigenvalue weighted by Crippen LogP contribution is -2.38. The first-order valence-electron chi connectivity index (χ1n) is 10.4. The van der Waals surface area contributed by atoms with Crippen molar-refractivity contribution < 1.29 is 23.6 Å². The number of amides is 2. The molecule has 0 atom stereocenters. The van der Waals surface area contributed by atoms with Crippen LogP contribution in [0, 0.1) is 13.8 Å². The molecule has 2 aromatic carbocycles. The topological polar surface area (TPSA) is 93.9 Å². The molecule has 0 spiro atoms. The first kappa shape index (κ1) is 21.4. The van der Waals surface area contributed by atoms with E-state index in [1.165, 1.54) is 5.56 Å². The number of nitrogens with one attached hydrogen (secondary N) is 1. The van der Waals surface area contributed by atoms with Crippen molar-refractivity contribution in [1.29, 1.82) is 0 Å². The number of aromatic nitrogens is 1. The molecule has 1 aliphatic heterocycles. The summed E-state index contributed by atoms with van der Waals surface area (Å²) in [5, 5.41) is 6.77. The highest BCUT2D eigenvalue weighted by Crippen LogP contribution is 2.36. The van der Waals surface area contributed by atoms with Crippen molar-refractivity contribution in [2.75, 3.05) is 23.4 Å². The van der Waals surface area contributed by atoms with Crippen molar-refractivity contribution in [3.8, 4) is 11.5 Å². The van der Waals surface area contributed by atoms with E-state index >= 15 is 0 Å². The molecule has 8 nitrogen and oxygen atoms in total. The Labute approximate surface area is 186 Å². The molecule has 32 heavy (non-hydrogen) atoms. The van der Waals surface area contributed by atoms with Crippen LogP contribution in [0.25, 0.3) is 0 Å². The molecular weight excluding hydrogens is 410 g/mol. The Morgan fingerprint density at radius 3 is 2.66 bits per heavy atom. The smallest absolute Gasteiger partial charge is 0.265 e. The van der Waals surface area contributed by atoms with Gasteiger partial charge in [-0.05, 0) is 56.2 Å². The van der Waals surface area contributed by atoms with Gasteiger partial charge in [0, 0.05) is 11.3 Å². The molecule has 166 valence electrons. The molecule has 0 saturated heterocycles. The molecule has 1 aliphatic rings. The largest absolute Gasteiger partial charge is 0.484 e. The predicted octanol–water partition coefficient (Wildman–Crippen LogP) is 3.80. The van der Waals surface area contributed by atoms with Gasteiger partial charge in [-0.1, -0.05) is 24.2 Å². The van der Waals surface area contributed by atoms with Gasteiger partial charge >= 0.3 is 0 Å². The number of ether oxygens (including phenoxy) is 2. The number of carbonyl (C=O) groups excluding carboxylic acids is 2. The van der Waals surface area contributed by atoms with Gasteiger partial charge in [0.1, 0.15) is 17.3 Å². The number of hydrogen-bond acceptors (Lipinski definition) is 6. The van der Waals surface area contributed by atoms with Crippen molar-refractivity contribution >= 4 is 23.2 Å². The molecule has 4 rings (SSSR count). The summed E-state index contributed by atoms with van der Waals surface area (Å²) in [6.07, 6.45) is 0.943. The van der Waals surface area contributed by atoms with Crippen LogP contribution in [0.1, 0.15) is 29.5 Å². The quantitative estimate of drug-likeness (QED) is 0.607. The summed E-state index contributed by atoms with van der Waals surface area (Å²) < 4.78 is 16.4. The maximum absolute atomic E-state index is 12.6. The number of carbonyl (C=O) groups is 2. The second kappa shape index (κ2) is 9.13. The summed E-state index contributed by atoms with van der Waals surface area (Å²) in [5.41, 5.74) is 3.91. The maximum atomic E-state index is 12.6. The first-order chi connectivity index (χ1) is 15.4.